The van der Waals surface area contributed by atoms with Gasteiger partial charge in [-0.15, -0.1) is 0 Å². The molecule has 2 heteroatoms. The van der Waals surface area contributed by atoms with Crippen LogP contribution in [-0.4, -0.2) is 4.57 Å². The van der Waals surface area contributed by atoms with Crippen molar-refractivity contribution in [2.24, 2.45) is 0 Å². The van der Waals surface area contributed by atoms with E-state index in [9.17, 15) is 0 Å². The van der Waals surface area contributed by atoms with Gasteiger partial charge < -0.3 is 9.47 Å². The summed E-state index contributed by atoms with van der Waals surface area (Å²) < 4.78 is 2.43. The first-order valence-electron chi connectivity index (χ1n) is 23.5. The molecule has 0 aliphatic rings. The number of aromatic nitrogens is 1. The van der Waals surface area contributed by atoms with Crippen LogP contribution >= 0.6 is 0 Å². The summed E-state index contributed by atoms with van der Waals surface area (Å²) >= 11 is 0. The molecule has 0 unspecified atom stereocenters. The number of hydrogen-bond donors (Lipinski definition) is 0. The molecule has 0 bridgehead atoms. The predicted octanol–water partition coefficient (Wildman–Crippen LogP) is 18.3. The minimum atomic E-state index is 0.00143. The molecule has 0 atom stereocenters. The van der Waals surface area contributed by atoms with Crippen LogP contribution in [0.1, 0.15) is 79.0 Å². The lowest BCUT2D eigenvalue weighted by Gasteiger charge is -2.29. The minimum absolute atomic E-state index is 0.00143. The molecule has 0 spiro atoms. The molecule has 2 nitrogen and oxygen atoms in total. The second-order valence-electron chi connectivity index (χ2n) is 21.1. The van der Waals surface area contributed by atoms with E-state index in [-0.39, 0.29) is 16.2 Å². The highest BCUT2D eigenvalue weighted by molar-refractivity contribution is 6.14. The molecule has 66 heavy (non-hydrogen) atoms. The summed E-state index contributed by atoms with van der Waals surface area (Å²) in [6.45, 7) is 20.8. The molecule has 326 valence electrons. The third kappa shape index (κ3) is 7.79. The fourth-order valence-corrected chi connectivity index (χ4v) is 9.78. The molecule has 0 fully saturated rings. The third-order valence-corrected chi connectivity index (χ3v) is 13.5. The molecule has 9 aromatic carbocycles. The molecule has 1 heterocycles. The Morgan fingerprint density at radius 3 is 1.53 bits per heavy atom. The van der Waals surface area contributed by atoms with Crippen molar-refractivity contribution in [3.8, 4) is 39.1 Å². The maximum absolute atomic E-state index is 2.45. The number of para-hydroxylation sites is 4. The van der Waals surface area contributed by atoms with Gasteiger partial charge in [-0.25, -0.2) is 0 Å². The quantitative estimate of drug-likeness (QED) is 0.155. The van der Waals surface area contributed by atoms with Gasteiger partial charge in [0.1, 0.15) is 0 Å². The van der Waals surface area contributed by atoms with Crippen molar-refractivity contribution >= 4 is 49.6 Å². The highest BCUT2D eigenvalue weighted by Gasteiger charge is 2.25. The van der Waals surface area contributed by atoms with E-state index in [0.29, 0.717) is 0 Å². The average molecular weight is 857 g/mol. The normalized spacial score (nSPS) is 12.3. The van der Waals surface area contributed by atoms with E-state index >= 15 is 0 Å². The van der Waals surface area contributed by atoms with Crippen molar-refractivity contribution in [3.63, 3.8) is 0 Å². The SMILES string of the molecule is CC(C)(C)c1ccc(N(c2ccc(-c3cccc4c5ccccc5n(-c5ccccc5)c34)cc2)c2ccccc2-c2cccc3cccc(-c4cc(C(C)(C)C)cc(C(C)(C)C)c4)c23)cc1. The van der Waals surface area contributed by atoms with Crippen molar-refractivity contribution in [2.75, 3.05) is 4.90 Å². The highest BCUT2D eigenvalue weighted by Crippen LogP contribution is 2.47. The molecule has 10 aromatic rings. The molecule has 0 aliphatic carbocycles. The van der Waals surface area contributed by atoms with Gasteiger partial charge in [-0.2, -0.15) is 0 Å². The second kappa shape index (κ2) is 16.4. The summed E-state index contributed by atoms with van der Waals surface area (Å²) in [4.78, 5) is 2.45. The van der Waals surface area contributed by atoms with Gasteiger partial charge in [0.15, 0.2) is 0 Å². The summed E-state index contributed by atoms with van der Waals surface area (Å²) in [6.07, 6.45) is 0. The van der Waals surface area contributed by atoms with Crippen molar-refractivity contribution < 1.29 is 0 Å². The molecule has 0 saturated carbocycles. The fraction of sp³-hybridized carbons (Fsp3) is 0.188. The van der Waals surface area contributed by atoms with Gasteiger partial charge in [-0.1, -0.05) is 214 Å². The van der Waals surface area contributed by atoms with Crippen LogP contribution in [0.25, 0.3) is 71.6 Å². The van der Waals surface area contributed by atoms with Crippen LogP contribution in [0.4, 0.5) is 17.1 Å². The Kier molecular flexibility index (Phi) is 10.6. The van der Waals surface area contributed by atoms with E-state index in [1.807, 2.05) is 0 Å². The Morgan fingerprint density at radius 1 is 0.364 bits per heavy atom. The topological polar surface area (TPSA) is 8.17 Å². The standard InChI is InChI=1S/C64H60N2/c1-62(2,3)46-34-38-51(39-35-46)65(50-36-32-43(33-37-50)53-27-19-29-57-55-25-14-16-31-59(55)66(61(53)57)49-22-11-10-12-23-49)58-30-15-13-24-54(58)56-28-18-21-44-20-17-26-52(60(44)56)45-40-47(63(4,5)6)42-48(41-45)64(7,8)9/h10-42H,1-9H3. The number of hydrogen-bond acceptors (Lipinski definition) is 1. The summed E-state index contributed by atoms with van der Waals surface area (Å²) in [5.74, 6) is 0. The number of nitrogens with zero attached hydrogens (tertiary/aromatic N) is 2. The van der Waals surface area contributed by atoms with Gasteiger partial charge in [0.25, 0.3) is 0 Å². The summed E-state index contributed by atoms with van der Waals surface area (Å²) in [6, 6.07) is 74.5. The number of rotatable bonds is 7. The summed E-state index contributed by atoms with van der Waals surface area (Å²) in [5, 5.41) is 4.99. The lowest BCUT2D eigenvalue weighted by Crippen LogP contribution is -2.16. The second-order valence-corrected chi connectivity index (χ2v) is 21.1. The zero-order valence-corrected chi connectivity index (χ0v) is 39.9. The maximum atomic E-state index is 2.45. The van der Waals surface area contributed by atoms with Crippen molar-refractivity contribution in [1.82, 2.24) is 4.57 Å². The molecule has 0 radical (unpaired) electrons. The molecule has 0 amide bonds. The van der Waals surface area contributed by atoms with E-state index in [2.05, 4.69) is 272 Å². The van der Waals surface area contributed by atoms with Gasteiger partial charge in [-0.05, 0) is 114 Å². The van der Waals surface area contributed by atoms with Crippen LogP contribution in [0, 0.1) is 0 Å². The van der Waals surface area contributed by atoms with E-state index in [1.54, 1.807) is 0 Å². The Morgan fingerprint density at radius 2 is 0.879 bits per heavy atom. The molecule has 1 aromatic heterocycles. The summed E-state index contributed by atoms with van der Waals surface area (Å²) in [7, 11) is 0. The smallest absolute Gasteiger partial charge is 0.0619 e. The summed E-state index contributed by atoms with van der Waals surface area (Å²) in [5.41, 5.74) is 18.2. The molecular formula is C64H60N2. The Labute approximate surface area is 391 Å². The Balaban J connectivity index is 1.17. The van der Waals surface area contributed by atoms with Crippen molar-refractivity contribution in [1.29, 1.82) is 0 Å². The molecule has 0 aliphatic heterocycles. The zero-order valence-electron chi connectivity index (χ0n) is 39.9. The van der Waals surface area contributed by atoms with Crippen LogP contribution in [0.15, 0.2) is 200 Å². The average Bonchev–Trinajstić information content (AvgIpc) is 3.66. The van der Waals surface area contributed by atoms with Crippen LogP contribution in [-0.2, 0) is 16.2 Å². The van der Waals surface area contributed by atoms with E-state index in [1.165, 1.54) is 82.6 Å². The highest BCUT2D eigenvalue weighted by atomic mass is 15.1. The molecule has 0 saturated heterocycles. The van der Waals surface area contributed by atoms with E-state index in [0.717, 1.165) is 22.7 Å². The van der Waals surface area contributed by atoms with Crippen LogP contribution in [0.3, 0.4) is 0 Å². The van der Waals surface area contributed by atoms with Gasteiger partial charge in [0.05, 0.1) is 16.7 Å². The van der Waals surface area contributed by atoms with Gasteiger partial charge in [-0.3, -0.25) is 0 Å². The van der Waals surface area contributed by atoms with Crippen LogP contribution < -0.4 is 4.90 Å². The third-order valence-electron chi connectivity index (χ3n) is 13.5. The van der Waals surface area contributed by atoms with Crippen molar-refractivity contribution in [2.45, 2.75) is 78.6 Å². The minimum Gasteiger partial charge on any atom is -0.310 e. The Hall–Kier alpha value is -7.16. The zero-order chi connectivity index (χ0) is 46.0. The Bertz CT molecular complexity index is 3350. The van der Waals surface area contributed by atoms with Crippen LogP contribution in [0.5, 0.6) is 0 Å². The van der Waals surface area contributed by atoms with Crippen molar-refractivity contribution in [3.05, 3.63) is 217 Å². The van der Waals surface area contributed by atoms with Gasteiger partial charge in [0, 0.05) is 39.0 Å². The largest absolute Gasteiger partial charge is 0.310 e. The number of benzene rings is 9. The van der Waals surface area contributed by atoms with E-state index in [4.69, 9.17) is 0 Å². The molecular weight excluding hydrogens is 797 g/mol. The lowest BCUT2D eigenvalue weighted by molar-refractivity contribution is 0.569. The predicted molar refractivity (Wildman–Crippen MR) is 285 cm³/mol. The molecule has 0 N–H and O–H groups in total. The first kappa shape index (κ1) is 42.8. The monoisotopic (exact) mass is 856 g/mol. The first-order chi connectivity index (χ1) is 31.6. The van der Waals surface area contributed by atoms with Gasteiger partial charge >= 0.3 is 0 Å². The lowest BCUT2D eigenvalue weighted by atomic mass is 9.78. The maximum Gasteiger partial charge on any atom is 0.0619 e. The van der Waals surface area contributed by atoms with E-state index < -0.39 is 0 Å². The van der Waals surface area contributed by atoms with Gasteiger partial charge in [0.2, 0.25) is 0 Å². The number of fused-ring (bicyclic) bond motifs is 4. The first-order valence-corrected chi connectivity index (χ1v) is 23.5. The molecule has 10 rings (SSSR count). The van der Waals surface area contributed by atoms with Crippen LogP contribution in [0.2, 0.25) is 0 Å². The number of anilines is 3. The fourth-order valence-electron chi connectivity index (χ4n) is 9.78.